The van der Waals surface area contributed by atoms with Crippen LogP contribution in [0, 0.1) is 0 Å². The normalized spacial score (nSPS) is 10.5. The van der Waals surface area contributed by atoms with Gasteiger partial charge in [0.15, 0.2) is 0 Å². The predicted octanol–water partition coefficient (Wildman–Crippen LogP) is 5.10. The quantitative estimate of drug-likeness (QED) is 0.624. The van der Waals surface area contributed by atoms with Crippen LogP contribution in [0.5, 0.6) is 11.5 Å². The minimum absolute atomic E-state index is 0.102. The number of phenolic OH excluding ortho intramolecular Hbond substituents is 1. The lowest BCUT2D eigenvalue weighted by Gasteiger charge is -2.15. The molecule has 0 unspecified atom stereocenters. The molecule has 0 aliphatic carbocycles. The van der Waals surface area contributed by atoms with Crippen molar-refractivity contribution in [2.24, 2.45) is 0 Å². The standard InChI is InChI=1S/C22H19ClO4/c1-26-17-10-7-14(8-11-17)18-12-9-16(21(24)20(18)22(25)27-2)13-15-5-3-4-6-19(15)23/h3-12,24H,13H2,1-2H3. The van der Waals surface area contributed by atoms with Crippen LogP contribution >= 0.6 is 11.6 Å². The number of methoxy groups -OCH3 is 2. The van der Waals surface area contributed by atoms with Crippen LogP contribution in [0.3, 0.4) is 0 Å². The monoisotopic (exact) mass is 382 g/mol. The topological polar surface area (TPSA) is 55.8 Å². The average Bonchev–Trinajstić information content (AvgIpc) is 2.70. The molecule has 3 aromatic rings. The highest BCUT2D eigenvalue weighted by atomic mass is 35.5. The first-order valence-electron chi connectivity index (χ1n) is 8.36. The summed E-state index contributed by atoms with van der Waals surface area (Å²) < 4.78 is 10.1. The van der Waals surface area contributed by atoms with Gasteiger partial charge in [0.1, 0.15) is 17.1 Å². The van der Waals surface area contributed by atoms with E-state index in [0.717, 1.165) is 11.1 Å². The Labute approximate surface area is 162 Å². The zero-order chi connectivity index (χ0) is 19.4. The smallest absolute Gasteiger partial charge is 0.342 e. The Bertz CT molecular complexity index is 965. The van der Waals surface area contributed by atoms with E-state index in [9.17, 15) is 9.90 Å². The Morgan fingerprint density at radius 3 is 2.30 bits per heavy atom. The second-order valence-electron chi connectivity index (χ2n) is 5.98. The Kier molecular flexibility index (Phi) is 5.67. The molecule has 1 N–H and O–H groups in total. The number of aromatic hydroxyl groups is 1. The van der Waals surface area contributed by atoms with Gasteiger partial charge in [-0.2, -0.15) is 0 Å². The molecule has 0 aromatic heterocycles. The summed E-state index contributed by atoms with van der Waals surface area (Å²) in [4.78, 5) is 12.4. The van der Waals surface area contributed by atoms with Crippen molar-refractivity contribution in [2.75, 3.05) is 14.2 Å². The maximum absolute atomic E-state index is 12.4. The summed E-state index contributed by atoms with van der Waals surface area (Å²) in [5, 5.41) is 11.4. The largest absolute Gasteiger partial charge is 0.507 e. The molecule has 0 amide bonds. The fourth-order valence-corrected chi connectivity index (χ4v) is 3.15. The third-order valence-corrected chi connectivity index (χ3v) is 4.76. The maximum atomic E-state index is 12.4. The molecule has 0 radical (unpaired) electrons. The third kappa shape index (κ3) is 3.91. The Balaban J connectivity index is 2.09. The predicted molar refractivity (Wildman–Crippen MR) is 106 cm³/mol. The van der Waals surface area contributed by atoms with E-state index >= 15 is 0 Å². The Morgan fingerprint density at radius 1 is 0.963 bits per heavy atom. The van der Waals surface area contributed by atoms with Gasteiger partial charge in [0, 0.05) is 11.4 Å². The van der Waals surface area contributed by atoms with Crippen LogP contribution in [0.25, 0.3) is 11.1 Å². The van der Waals surface area contributed by atoms with Gasteiger partial charge >= 0.3 is 5.97 Å². The molecule has 0 saturated carbocycles. The first-order chi connectivity index (χ1) is 13.0. The van der Waals surface area contributed by atoms with Crippen molar-refractivity contribution in [1.29, 1.82) is 0 Å². The minimum Gasteiger partial charge on any atom is -0.507 e. The van der Waals surface area contributed by atoms with Crippen molar-refractivity contribution in [3.63, 3.8) is 0 Å². The molecule has 4 nitrogen and oxygen atoms in total. The lowest BCUT2D eigenvalue weighted by Crippen LogP contribution is -2.06. The zero-order valence-electron chi connectivity index (χ0n) is 15.0. The number of ether oxygens (including phenoxy) is 2. The molecule has 138 valence electrons. The molecule has 0 atom stereocenters. The fourth-order valence-electron chi connectivity index (χ4n) is 2.94. The van der Waals surface area contributed by atoms with Gasteiger partial charge in [-0.1, -0.05) is 54.1 Å². The van der Waals surface area contributed by atoms with E-state index < -0.39 is 5.97 Å². The van der Waals surface area contributed by atoms with E-state index in [1.807, 2.05) is 30.3 Å². The molecular weight excluding hydrogens is 364 g/mol. The van der Waals surface area contributed by atoms with Gasteiger partial charge in [0.25, 0.3) is 0 Å². The Hall–Kier alpha value is -2.98. The molecule has 0 heterocycles. The van der Waals surface area contributed by atoms with E-state index in [1.54, 1.807) is 37.4 Å². The van der Waals surface area contributed by atoms with Gasteiger partial charge in [-0.05, 0) is 40.5 Å². The molecule has 0 spiro atoms. The summed E-state index contributed by atoms with van der Waals surface area (Å²) in [7, 11) is 2.88. The summed E-state index contributed by atoms with van der Waals surface area (Å²) in [6.07, 6.45) is 0.401. The van der Waals surface area contributed by atoms with Gasteiger partial charge < -0.3 is 14.6 Å². The zero-order valence-corrected chi connectivity index (χ0v) is 15.8. The third-order valence-electron chi connectivity index (χ3n) is 4.39. The van der Waals surface area contributed by atoms with Gasteiger partial charge in [0.2, 0.25) is 0 Å². The molecule has 0 saturated heterocycles. The molecule has 3 rings (SSSR count). The molecule has 0 aliphatic rings. The summed E-state index contributed by atoms with van der Waals surface area (Å²) in [6.45, 7) is 0. The number of carbonyl (C=O) groups is 1. The van der Waals surface area contributed by atoms with Crippen molar-refractivity contribution in [3.05, 3.63) is 82.4 Å². The summed E-state index contributed by atoms with van der Waals surface area (Å²) >= 11 is 6.23. The van der Waals surface area contributed by atoms with Crippen molar-refractivity contribution < 1.29 is 19.4 Å². The number of carbonyl (C=O) groups excluding carboxylic acids is 1. The van der Waals surface area contributed by atoms with Gasteiger partial charge in [0.05, 0.1) is 14.2 Å². The van der Waals surface area contributed by atoms with Crippen LogP contribution in [0.1, 0.15) is 21.5 Å². The van der Waals surface area contributed by atoms with E-state index in [0.29, 0.717) is 28.3 Å². The Morgan fingerprint density at radius 2 is 1.67 bits per heavy atom. The minimum atomic E-state index is -0.598. The molecule has 0 aliphatic heterocycles. The van der Waals surface area contributed by atoms with Crippen molar-refractivity contribution in [2.45, 2.75) is 6.42 Å². The first-order valence-corrected chi connectivity index (χ1v) is 8.74. The number of hydrogen-bond donors (Lipinski definition) is 1. The van der Waals surface area contributed by atoms with Crippen molar-refractivity contribution in [1.82, 2.24) is 0 Å². The van der Waals surface area contributed by atoms with E-state index in [-0.39, 0.29) is 11.3 Å². The summed E-state index contributed by atoms with van der Waals surface area (Å²) in [5.74, 6) is 0.00680. The van der Waals surface area contributed by atoms with Crippen LogP contribution in [-0.4, -0.2) is 25.3 Å². The molecular formula is C22H19ClO4. The van der Waals surface area contributed by atoms with E-state index in [2.05, 4.69) is 0 Å². The molecule has 0 bridgehead atoms. The van der Waals surface area contributed by atoms with Crippen LogP contribution in [0.2, 0.25) is 5.02 Å². The van der Waals surface area contributed by atoms with Crippen LogP contribution in [0.15, 0.2) is 60.7 Å². The maximum Gasteiger partial charge on any atom is 0.342 e. The molecule has 27 heavy (non-hydrogen) atoms. The lowest BCUT2D eigenvalue weighted by molar-refractivity contribution is 0.0598. The number of rotatable bonds is 5. The molecule has 5 heteroatoms. The van der Waals surface area contributed by atoms with Crippen LogP contribution < -0.4 is 4.74 Å². The summed E-state index contributed by atoms with van der Waals surface area (Å²) in [6, 6.07) is 18.3. The van der Waals surface area contributed by atoms with E-state index in [1.165, 1.54) is 7.11 Å². The number of hydrogen-bond acceptors (Lipinski definition) is 4. The highest BCUT2D eigenvalue weighted by Gasteiger charge is 2.21. The van der Waals surface area contributed by atoms with Gasteiger partial charge in [-0.3, -0.25) is 0 Å². The van der Waals surface area contributed by atoms with Crippen molar-refractivity contribution in [3.8, 4) is 22.6 Å². The van der Waals surface area contributed by atoms with Crippen LogP contribution in [-0.2, 0) is 11.2 Å². The lowest BCUT2D eigenvalue weighted by atomic mass is 9.93. The highest BCUT2D eigenvalue weighted by Crippen LogP contribution is 2.36. The number of halogens is 1. The van der Waals surface area contributed by atoms with Crippen molar-refractivity contribution >= 4 is 17.6 Å². The SMILES string of the molecule is COC(=O)c1c(-c2ccc(OC)cc2)ccc(Cc2ccccc2Cl)c1O. The average molecular weight is 383 g/mol. The second kappa shape index (κ2) is 8.14. The number of esters is 1. The highest BCUT2D eigenvalue weighted by molar-refractivity contribution is 6.31. The molecule has 3 aromatic carbocycles. The fraction of sp³-hybridized carbons (Fsp3) is 0.136. The second-order valence-corrected chi connectivity index (χ2v) is 6.39. The van der Waals surface area contributed by atoms with Gasteiger partial charge in [-0.15, -0.1) is 0 Å². The van der Waals surface area contributed by atoms with E-state index in [4.69, 9.17) is 21.1 Å². The number of phenols is 1. The first kappa shape index (κ1) is 18.8. The van der Waals surface area contributed by atoms with Gasteiger partial charge in [-0.25, -0.2) is 4.79 Å². The summed E-state index contributed by atoms with van der Waals surface area (Å²) in [5.41, 5.74) is 2.95. The number of benzene rings is 3. The van der Waals surface area contributed by atoms with Crippen LogP contribution in [0.4, 0.5) is 0 Å². The molecule has 0 fully saturated rings.